The zero-order valence-electron chi connectivity index (χ0n) is 12.1. The predicted molar refractivity (Wildman–Crippen MR) is 83.0 cm³/mol. The molecule has 0 unspecified atom stereocenters. The van der Waals surface area contributed by atoms with Crippen LogP contribution >= 0.6 is 0 Å². The third-order valence-corrected chi connectivity index (χ3v) is 4.36. The molecule has 0 spiro atoms. The molecule has 0 atom stereocenters. The van der Waals surface area contributed by atoms with E-state index in [-0.39, 0.29) is 10.7 Å². The first-order valence-electron chi connectivity index (χ1n) is 6.56. The van der Waals surface area contributed by atoms with E-state index in [0.29, 0.717) is 11.6 Å². The third kappa shape index (κ3) is 3.29. The van der Waals surface area contributed by atoms with Crippen LogP contribution in [0.25, 0.3) is 5.82 Å². The van der Waals surface area contributed by atoms with Crippen LogP contribution in [0.5, 0.6) is 5.75 Å². The Hall–Kier alpha value is -2.94. The van der Waals surface area contributed by atoms with Crippen LogP contribution in [0.4, 0.5) is 5.82 Å². The van der Waals surface area contributed by atoms with Crippen LogP contribution < -0.4 is 9.46 Å². The van der Waals surface area contributed by atoms with E-state index in [4.69, 9.17) is 4.74 Å². The van der Waals surface area contributed by atoms with E-state index < -0.39 is 10.0 Å². The Morgan fingerprint density at radius 3 is 2.83 bits per heavy atom. The average Bonchev–Trinajstić information content (AvgIpc) is 3.09. The summed E-state index contributed by atoms with van der Waals surface area (Å²) >= 11 is 0. The molecule has 9 heteroatoms. The van der Waals surface area contributed by atoms with Gasteiger partial charge in [0.2, 0.25) is 0 Å². The summed E-state index contributed by atoms with van der Waals surface area (Å²) in [7, 11) is -2.30. The molecule has 0 aliphatic heterocycles. The van der Waals surface area contributed by atoms with Gasteiger partial charge in [-0.25, -0.2) is 23.4 Å². The predicted octanol–water partition coefficient (Wildman–Crippen LogP) is 1.47. The summed E-state index contributed by atoms with van der Waals surface area (Å²) in [5.41, 5.74) is 0. The molecule has 0 aliphatic carbocycles. The van der Waals surface area contributed by atoms with Crippen molar-refractivity contribution in [2.75, 3.05) is 11.8 Å². The third-order valence-electron chi connectivity index (χ3n) is 3.01. The Labute approximate surface area is 132 Å². The summed E-state index contributed by atoms with van der Waals surface area (Å²) in [6.45, 7) is 0. The van der Waals surface area contributed by atoms with Crippen LogP contribution in [-0.4, -0.2) is 35.0 Å². The van der Waals surface area contributed by atoms with Gasteiger partial charge in [0, 0.05) is 24.5 Å². The van der Waals surface area contributed by atoms with Crippen LogP contribution in [0.3, 0.4) is 0 Å². The SMILES string of the molecule is COc1cccc(S(=O)(=O)Nc2cc(-n3ccnc3)ncn2)c1. The molecule has 2 heterocycles. The number of ether oxygens (including phenoxy) is 1. The summed E-state index contributed by atoms with van der Waals surface area (Å²) in [6, 6.07) is 7.69. The van der Waals surface area contributed by atoms with E-state index in [9.17, 15) is 8.42 Å². The minimum Gasteiger partial charge on any atom is -0.497 e. The fourth-order valence-corrected chi connectivity index (χ4v) is 2.94. The summed E-state index contributed by atoms with van der Waals surface area (Å²) in [5, 5.41) is 0. The van der Waals surface area contributed by atoms with E-state index >= 15 is 0 Å². The van der Waals surface area contributed by atoms with Crippen LogP contribution in [-0.2, 0) is 10.0 Å². The second kappa shape index (κ2) is 6.05. The van der Waals surface area contributed by atoms with E-state index in [0.717, 1.165) is 0 Å². The number of nitrogens with one attached hydrogen (secondary N) is 1. The molecule has 0 radical (unpaired) electrons. The van der Waals surface area contributed by atoms with Crippen molar-refractivity contribution in [2.45, 2.75) is 4.90 Å². The molecule has 118 valence electrons. The van der Waals surface area contributed by atoms with Gasteiger partial charge in [-0.15, -0.1) is 0 Å². The highest BCUT2D eigenvalue weighted by atomic mass is 32.2. The quantitative estimate of drug-likeness (QED) is 0.760. The molecule has 1 N–H and O–H groups in total. The lowest BCUT2D eigenvalue weighted by Crippen LogP contribution is -2.14. The fourth-order valence-electron chi connectivity index (χ4n) is 1.90. The minimum absolute atomic E-state index is 0.0830. The second-order valence-electron chi connectivity index (χ2n) is 4.52. The van der Waals surface area contributed by atoms with Gasteiger partial charge in [0.1, 0.15) is 30.0 Å². The number of sulfonamides is 1. The highest BCUT2D eigenvalue weighted by Gasteiger charge is 2.16. The molecule has 0 saturated carbocycles. The maximum absolute atomic E-state index is 12.4. The van der Waals surface area contributed by atoms with Gasteiger partial charge in [-0.05, 0) is 12.1 Å². The van der Waals surface area contributed by atoms with Crippen LogP contribution in [0.2, 0.25) is 0 Å². The van der Waals surface area contributed by atoms with Gasteiger partial charge in [0.05, 0.1) is 12.0 Å². The summed E-state index contributed by atoms with van der Waals surface area (Å²) in [6.07, 6.45) is 6.13. The number of benzene rings is 1. The number of nitrogens with zero attached hydrogens (tertiary/aromatic N) is 4. The molecule has 2 aromatic heterocycles. The summed E-state index contributed by atoms with van der Waals surface area (Å²) in [5.74, 6) is 1.11. The first-order valence-corrected chi connectivity index (χ1v) is 8.04. The molecule has 0 bridgehead atoms. The van der Waals surface area contributed by atoms with Crippen molar-refractivity contribution in [3.8, 4) is 11.6 Å². The Balaban J connectivity index is 1.90. The van der Waals surface area contributed by atoms with Gasteiger partial charge >= 0.3 is 0 Å². The van der Waals surface area contributed by atoms with E-state index in [1.807, 2.05) is 0 Å². The first kappa shape index (κ1) is 15.0. The van der Waals surface area contributed by atoms with Gasteiger partial charge in [-0.3, -0.25) is 9.29 Å². The molecule has 1 aromatic carbocycles. The van der Waals surface area contributed by atoms with Crippen LogP contribution in [0.15, 0.2) is 60.3 Å². The standard InChI is InChI=1S/C14H13N5O3S/c1-22-11-3-2-4-12(7-11)23(20,21)18-13-8-14(17-9-16-13)19-6-5-15-10-19/h2-10H,1H3,(H,16,17,18). The zero-order chi connectivity index (χ0) is 16.3. The average molecular weight is 331 g/mol. The van der Waals surface area contributed by atoms with E-state index in [1.54, 1.807) is 35.4 Å². The Kier molecular flexibility index (Phi) is 3.94. The lowest BCUT2D eigenvalue weighted by Gasteiger charge is -2.09. The van der Waals surface area contributed by atoms with Crippen molar-refractivity contribution in [1.82, 2.24) is 19.5 Å². The molecular weight excluding hydrogens is 318 g/mol. The summed E-state index contributed by atoms with van der Waals surface area (Å²) in [4.78, 5) is 12.0. The van der Waals surface area contributed by atoms with Crippen LogP contribution in [0, 0.1) is 0 Å². The first-order chi connectivity index (χ1) is 11.1. The highest BCUT2D eigenvalue weighted by molar-refractivity contribution is 7.92. The van der Waals surface area contributed by atoms with Crippen molar-refractivity contribution in [3.63, 3.8) is 0 Å². The molecule has 0 aliphatic rings. The second-order valence-corrected chi connectivity index (χ2v) is 6.20. The lowest BCUT2D eigenvalue weighted by molar-refractivity contribution is 0.413. The number of hydrogen-bond donors (Lipinski definition) is 1. The number of imidazole rings is 1. The number of methoxy groups -OCH3 is 1. The Bertz CT molecular complexity index is 910. The molecule has 23 heavy (non-hydrogen) atoms. The van der Waals surface area contributed by atoms with Gasteiger partial charge in [-0.1, -0.05) is 6.07 Å². The van der Waals surface area contributed by atoms with Gasteiger partial charge < -0.3 is 4.74 Å². The topological polar surface area (TPSA) is 99.0 Å². The molecular formula is C14H13N5O3S. The van der Waals surface area contributed by atoms with Crippen molar-refractivity contribution < 1.29 is 13.2 Å². The van der Waals surface area contributed by atoms with Crippen molar-refractivity contribution in [2.24, 2.45) is 0 Å². The largest absolute Gasteiger partial charge is 0.497 e. The van der Waals surface area contributed by atoms with Crippen molar-refractivity contribution in [3.05, 3.63) is 55.4 Å². The zero-order valence-corrected chi connectivity index (χ0v) is 12.9. The fraction of sp³-hybridized carbons (Fsp3) is 0.0714. The molecule has 0 fully saturated rings. The highest BCUT2D eigenvalue weighted by Crippen LogP contribution is 2.20. The lowest BCUT2D eigenvalue weighted by atomic mass is 10.3. The van der Waals surface area contributed by atoms with Gasteiger partial charge in [0.25, 0.3) is 10.0 Å². The summed E-state index contributed by atoms with van der Waals surface area (Å²) < 4.78 is 33.9. The Morgan fingerprint density at radius 2 is 2.09 bits per heavy atom. The maximum Gasteiger partial charge on any atom is 0.263 e. The number of hydrogen-bond acceptors (Lipinski definition) is 6. The van der Waals surface area contributed by atoms with E-state index in [1.165, 1.54) is 31.6 Å². The van der Waals surface area contributed by atoms with Crippen molar-refractivity contribution in [1.29, 1.82) is 0 Å². The monoisotopic (exact) mass is 331 g/mol. The smallest absolute Gasteiger partial charge is 0.263 e. The Morgan fingerprint density at radius 1 is 1.22 bits per heavy atom. The van der Waals surface area contributed by atoms with E-state index in [2.05, 4.69) is 19.7 Å². The van der Waals surface area contributed by atoms with Gasteiger partial charge in [-0.2, -0.15) is 0 Å². The number of anilines is 1. The molecule has 3 aromatic rings. The normalized spacial score (nSPS) is 11.2. The maximum atomic E-state index is 12.4. The molecule has 8 nitrogen and oxygen atoms in total. The van der Waals surface area contributed by atoms with Crippen LogP contribution in [0.1, 0.15) is 0 Å². The number of aromatic nitrogens is 4. The minimum atomic E-state index is -3.78. The van der Waals surface area contributed by atoms with Gasteiger partial charge in [0.15, 0.2) is 0 Å². The molecule has 3 rings (SSSR count). The number of rotatable bonds is 5. The molecule has 0 saturated heterocycles. The van der Waals surface area contributed by atoms with Crippen molar-refractivity contribution >= 4 is 15.8 Å². The molecule has 0 amide bonds.